The van der Waals surface area contributed by atoms with Crippen molar-refractivity contribution in [1.29, 1.82) is 0 Å². The van der Waals surface area contributed by atoms with E-state index in [1.165, 1.54) is 21.8 Å². The van der Waals surface area contributed by atoms with E-state index in [1.54, 1.807) is 27.9 Å². The second kappa shape index (κ2) is 6.85. The van der Waals surface area contributed by atoms with Gasteiger partial charge in [0.05, 0.1) is 29.1 Å². The number of hydrogen-bond acceptors (Lipinski definition) is 6. The van der Waals surface area contributed by atoms with Crippen LogP contribution in [-0.4, -0.2) is 59.9 Å². The molecule has 10 heteroatoms. The van der Waals surface area contributed by atoms with Gasteiger partial charge in [0, 0.05) is 26.5 Å². The highest BCUT2D eigenvalue weighted by Gasteiger charge is 2.31. The third kappa shape index (κ3) is 3.74. The number of ketones is 2. The minimum absolute atomic E-state index is 0.214. The molecular weight excluding hydrogens is 328 g/mol. The molecule has 3 N–H and O–H groups in total. The molecule has 0 aromatic carbocycles. The van der Waals surface area contributed by atoms with Crippen LogP contribution in [0.15, 0.2) is 12.4 Å². The van der Waals surface area contributed by atoms with Crippen LogP contribution >= 0.6 is 0 Å². The summed E-state index contributed by atoms with van der Waals surface area (Å²) < 4.78 is 2.89. The van der Waals surface area contributed by atoms with Crippen LogP contribution in [0, 0.1) is 13.8 Å². The second-order valence-electron chi connectivity index (χ2n) is 5.75. The lowest BCUT2D eigenvalue weighted by Crippen LogP contribution is -2.52. The summed E-state index contributed by atoms with van der Waals surface area (Å²) >= 11 is 0. The molecule has 0 aliphatic heterocycles. The van der Waals surface area contributed by atoms with Crippen LogP contribution in [0.3, 0.4) is 0 Å². The molecule has 0 saturated heterocycles. The van der Waals surface area contributed by atoms with Crippen LogP contribution in [-0.2, 0) is 14.1 Å². The lowest BCUT2D eigenvalue weighted by molar-refractivity contribution is 0.0741. The predicted molar refractivity (Wildman–Crippen MR) is 87.3 cm³/mol. The van der Waals surface area contributed by atoms with Crippen LogP contribution in [0.4, 0.5) is 4.79 Å². The molecule has 0 fully saturated rings. The summed E-state index contributed by atoms with van der Waals surface area (Å²) in [5.74, 6) is -1.11. The van der Waals surface area contributed by atoms with Gasteiger partial charge in [0.15, 0.2) is 5.78 Å². The van der Waals surface area contributed by atoms with Crippen LogP contribution in [0.1, 0.15) is 32.1 Å². The smallest absolute Gasteiger partial charge is 0.409 e. The van der Waals surface area contributed by atoms with E-state index >= 15 is 0 Å². The van der Waals surface area contributed by atoms with Gasteiger partial charge >= 0.3 is 6.09 Å². The van der Waals surface area contributed by atoms with E-state index in [-0.39, 0.29) is 11.1 Å². The summed E-state index contributed by atoms with van der Waals surface area (Å²) in [4.78, 5) is 37.0. The summed E-state index contributed by atoms with van der Waals surface area (Å²) in [7, 11) is 3.29. The van der Waals surface area contributed by atoms with Crippen molar-refractivity contribution in [1.82, 2.24) is 24.5 Å². The first-order valence-corrected chi connectivity index (χ1v) is 7.44. The lowest BCUT2D eigenvalue weighted by Gasteiger charge is -2.24. The maximum Gasteiger partial charge on any atom is 0.409 e. The topological polar surface area (TPSA) is 136 Å². The fourth-order valence-electron chi connectivity index (χ4n) is 2.54. The predicted octanol–water partition coefficient (Wildman–Crippen LogP) is 0.101. The first-order chi connectivity index (χ1) is 11.6. The molecule has 0 saturated carbocycles. The second-order valence-corrected chi connectivity index (χ2v) is 5.75. The van der Waals surface area contributed by atoms with Gasteiger partial charge in [-0.25, -0.2) is 4.79 Å². The van der Waals surface area contributed by atoms with Crippen molar-refractivity contribution >= 4 is 17.7 Å². The Balaban J connectivity index is 2.24. The maximum atomic E-state index is 12.5. The zero-order valence-corrected chi connectivity index (χ0v) is 14.4. The molecule has 1 unspecified atom stereocenters. The van der Waals surface area contributed by atoms with Gasteiger partial charge in [-0.3, -0.25) is 23.9 Å². The number of hydrogen-bond donors (Lipinski definition) is 2. The minimum atomic E-state index is -1.51. The van der Waals surface area contributed by atoms with E-state index in [0.29, 0.717) is 16.3 Å². The quantitative estimate of drug-likeness (QED) is 0.558. The molecular formula is C15H20N6O4. The molecule has 0 bridgehead atoms. The van der Waals surface area contributed by atoms with E-state index < -0.39 is 30.4 Å². The molecule has 134 valence electrons. The molecule has 1 amide bonds. The normalized spacial score (nSPS) is 12.0. The third-order valence-corrected chi connectivity index (χ3v) is 3.76. The van der Waals surface area contributed by atoms with Gasteiger partial charge in [-0.05, 0) is 13.8 Å². The lowest BCUT2D eigenvalue weighted by atomic mass is 10.1. The van der Waals surface area contributed by atoms with Gasteiger partial charge in [-0.1, -0.05) is 0 Å². The van der Waals surface area contributed by atoms with Gasteiger partial charge in [-0.2, -0.15) is 10.2 Å². The molecule has 2 rings (SSSR count). The van der Waals surface area contributed by atoms with Gasteiger partial charge in [0.25, 0.3) is 0 Å². The molecule has 25 heavy (non-hydrogen) atoms. The number of nitrogens with two attached hydrogens (primary N) is 1. The van der Waals surface area contributed by atoms with E-state index in [0.717, 1.165) is 0 Å². The third-order valence-electron chi connectivity index (χ3n) is 3.76. The van der Waals surface area contributed by atoms with E-state index in [1.807, 2.05) is 0 Å². The van der Waals surface area contributed by atoms with E-state index in [4.69, 9.17) is 5.73 Å². The Morgan fingerprint density at radius 1 is 1.12 bits per heavy atom. The van der Waals surface area contributed by atoms with Crippen molar-refractivity contribution in [3.05, 3.63) is 34.9 Å². The molecule has 2 heterocycles. The molecule has 0 radical (unpaired) electrons. The SMILES string of the molecule is Cc1nn(C)cc1C(=O)CN(C(=O)O)C(N)C(=O)c1cn(C)nc1C. The Kier molecular flexibility index (Phi) is 5.02. The average molecular weight is 348 g/mol. The van der Waals surface area contributed by atoms with Crippen molar-refractivity contribution in [3.8, 4) is 0 Å². The van der Waals surface area contributed by atoms with Gasteiger partial charge in [0.1, 0.15) is 6.17 Å². The van der Waals surface area contributed by atoms with Gasteiger partial charge in [-0.15, -0.1) is 0 Å². The van der Waals surface area contributed by atoms with Crippen molar-refractivity contribution in [2.75, 3.05) is 6.54 Å². The Morgan fingerprint density at radius 3 is 2.00 bits per heavy atom. The molecule has 1 atom stereocenters. The number of carbonyl (C=O) groups is 3. The molecule has 2 aromatic heterocycles. The first-order valence-electron chi connectivity index (χ1n) is 7.44. The number of rotatable bonds is 6. The summed E-state index contributed by atoms with van der Waals surface area (Å²) in [6.45, 7) is 2.71. The monoisotopic (exact) mass is 348 g/mol. The van der Waals surface area contributed by atoms with E-state index in [9.17, 15) is 19.5 Å². The van der Waals surface area contributed by atoms with Crippen LogP contribution in [0.5, 0.6) is 0 Å². The largest absolute Gasteiger partial charge is 0.465 e. The number of carbonyl (C=O) groups excluding carboxylic acids is 2. The molecule has 0 spiro atoms. The summed E-state index contributed by atoms with van der Waals surface area (Å²) in [5, 5.41) is 17.5. The Morgan fingerprint density at radius 2 is 1.60 bits per heavy atom. The Hall–Kier alpha value is -3.01. The molecule has 2 aromatic rings. The zero-order valence-electron chi connectivity index (χ0n) is 14.4. The summed E-state index contributed by atoms with van der Waals surface area (Å²) in [6.07, 6.45) is -0.0142. The van der Waals surface area contributed by atoms with Crippen molar-refractivity contribution < 1.29 is 19.5 Å². The van der Waals surface area contributed by atoms with Crippen LogP contribution < -0.4 is 5.73 Å². The van der Waals surface area contributed by atoms with Gasteiger partial charge in [0.2, 0.25) is 5.78 Å². The zero-order chi connectivity index (χ0) is 18.9. The molecule has 10 nitrogen and oxygen atoms in total. The van der Waals surface area contributed by atoms with Gasteiger partial charge < -0.3 is 10.8 Å². The average Bonchev–Trinajstić information content (AvgIpc) is 3.03. The Bertz CT molecular complexity index is 837. The standard InChI is InChI=1S/C15H20N6O4/c1-8-10(5-19(3)17-8)12(22)7-21(15(24)25)14(16)13(23)11-6-20(4)18-9(11)2/h5-6,14H,7,16H2,1-4H3,(H,24,25). The minimum Gasteiger partial charge on any atom is -0.465 e. The first kappa shape index (κ1) is 18.3. The summed E-state index contributed by atoms with van der Waals surface area (Å²) in [6, 6.07) is 0. The van der Waals surface area contributed by atoms with Crippen molar-refractivity contribution in [2.45, 2.75) is 20.0 Å². The number of Topliss-reactive ketones (excluding diaryl/α,β-unsaturated/α-hetero) is 2. The Labute approximate surface area is 143 Å². The highest BCUT2D eigenvalue weighted by atomic mass is 16.4. The van der Waals surface area contributed by atoms with Crippen LogP contribution in [0.2, 0.25) is 0 Å². The number of amides is 1. The fraction of sp³-hybridized carbons (Fsp3) is 0.400. The van der Waals surface area contributed by atoms with E-state index in [2.05, 4.69) is 10.2 Å². The number of aryl methyl sites for hydroxylation is 4. The van der Waals surface area contributed by atoms with Crippen LogP contribution in [0.25, 0.3) is 0 Å². The highest BCUT2D eigenvalue weighted by molar-refractivity contribution is 6.04. The number of nitrogens with zero attached hydrogens (tertiary/aromatic N) is 5. The number of carboxylic acid groups (broad SMARTS) is 1. The summed E-state index contributed by atoms with van der Waals surface area (Å²) in [5.41, 5.74) is 7.23. The van der Waals surface area contributed by atoms with Crippen molar-refractivity contribution in [3.63, 3.8) is 0 Å². The highest BCUT2D eigenvalue weighted by Crippen LogP contribution is 2.12. The maximum absolute atomic E-state index is 12.5. The number of aromatic nitrogens is 4. The molecule has 0 aliphatic carbocycles. The fourth-order valence-corrected chi connectivity index (χ4v) is 2.54. The van der Waals surface area contributed by atoms with Crippen molar-refractivity contribution in [2.24, 2.45) is 19.8 Å². The molecule has 0 aliphatic rings.